The largest absolute Gasteiger partial charge is 0.295 e. The van der Waals surface area contributed by atoms with Crippen LogP contribution in [0.5, 0.6) is 0 Å². The first-order valence-electron chi connectivity index (χ1n) is 7.66. The molecule has 2 aromatic rings. The van der Waals surface area contributed by atoms with Gasteiger partial charge in [-0.2, -0.15) is 33.7 Å². The van der Waals surface area contributed by atoms with E-state index in [0.29, 0.717) is 0 Å². The molecule has 0 radical (unpaired) electrons. The van der Waals surface area contributed by atoms with Gasteiger partial charge in [0.2, 0.25) is 0 Å². The van der Waals surface area contributed by atoms with Gasteiger partial charge in [0.05, 0.1) is 7.14 Å². The van der Waals surface area contributed by atoms with Crippen LogP contribution in [0, 0.1) is 21.0 Å². The van der Waals surface area contributed by atoms with Gasteiger partial charge in [-0.1, -0.05) is 0 Å². The van der Waals surface area contributed by atoms with E-state index in [1.807, 2.05) is 0 Å². The minimum atomic E-state index is -5.10. The molecule has 0 aliphatic heterocycles. The summed E-state index contributed by atoms with van der Waals surface area (Å²) in [6.07, 6.45) is 0. The lowest BCUT2D eigenvalue weighted by Crippen LogP contribution is -2.13. The van der Waals surface area contributed by atoms with Crippen molar-refractivity contribution in [3.8, 4) is 11.1 Å². The fraction of sp³-hybridized carbons (Fsp3) is 0.143. The van der Waals surface area contributed by atoms with Crippen LogP contribution in [0.2, 0.25) is 0 Å². The average Bonchev–Trinajstić information content (AvgIpc) is 2.51. The Bertz CT molecular complexity index is 1470. The number of hydrogen-bond donors (Lipinski definition) is 4. The van der Waals surface area contributed by atoms with E-state index in [0.717, 1.165) is 26.0 Å². The van der Waals surface area contributed by atoms with Crippen molar-refractivity contribution in [2.75, 3.05) is 0 Å². The van der Waals surface area contributed by atoms with Crippen molar-refractivity contribution in [1.29, 1.82) is 0 Å². The Balaban J connectivity index is 3.32. The summed E-state index contributed by atoms with van der Waals surface area (Å²) in [6.45, 7) is 2.21. The van der Waals surface area contributed by atoms with Gasteiger partial charge in [-0.15, -0.1) is 0 Å². The molecule has 0 heterocycles. The average molecular weight is 754 g/mol. The molecule has 0 aliphatic rings. The standard InChI is InChI=1S/C14H12I2O12S4/c1-5-7(3-9(29(17,18)19)11(15)13(5)31(23,24)25)8-4-10(30(20,21)22)12(16)14(6(8)2)32(26,27)28/h3-4H,1-2H3,(H,17,18,19)(H,20,21,22)(H,23,24,25)(H,26,27,28). The van der Waals surface area contributed by atoms with Crippen molar-refractivity contribution in [2.24, 2.45) is 0 Å². The molecule has 0 fully saturated rings. The summed E-state index contributed by atoms with van der Waals surface area (Å²) in [5, 5.41) is 0. The van der Waals surface area contributed by atoms with Crippen LogP contribution in [0.15, 0.2) is 31.7 Å². The maximum Gasteiger partial charge on any atom is 0.295 e. The first kappa shape index (κ1) is 27.8. The summed E-state index contributed by atoms with van der Waals surface area (Å²) < 4.78 is 132. The van der Waals surface area contributed by atoms with Crippen molar-refractivity contribution >= 4 is 85.7 Å². The van der Waals surface area contributed by atoms with Crippen molar-refractivity contribution < 1.29 is 51.9 Å². The molecule has 2 rings (SSSR count). The van der Waals surface area contributed by atoms with E-state index in [1.165, 1.54) is 45.2 Å². The molecule has 4 N–H and O–H groups in total. The molecule has 0 saturated carbocycles. The third-order valence-electron chi connectivity index (χ3n) is 4.23. The zero-order chi connectivity index (χ0) is 25.2. The Hall–Kier alpha value is -0.460. The monoisotopic (exact) mass is 754 g/mol. The van der Waals surface area contributed by atoms with Crippen molar-refractivity contribution in [3.05, 3.63) is 30.4 Å². The van der Waals surface area contributed by atoms with Crippen molar-refractivity contribution in [1.82, 2.24) is 0 Å². The topological polar surface area (TPSA) is 217 Å². The van der Waals surface area contributed by atoms with Gasteiger partial charge in [0.25, 0.3) is 40.5 Å². The molecule has 0 saturated heterocycles. The van der Waals surface area contributed by atoms with Gasteiger partial charge in [0.15, 0.2) is 0 Å². The third-order valence-corrected chi connectivity index (χ3v) is 11.7. The minimum Gasteiger partial charge on any atom is -0.282 e. The van der Waals surface area contributed by atoms with E-state index >= 15 is 0 Å². The lowest BCUT2D eigenvalue weighted by atomic mass is 9.96. The van der Waals surface area contributed by atoms with Crippen LogP contribution in [-0.4, -0.2) is 51.9 Å². The highest BCUT2D eigenvalue weighted by molar-refractivity contribution is 14.1. The van der Waals surface area contributed by atoms with E-state index in [1.54, 1.807) is 0 Å². The van der Waals surface area contributed by atoms with Crippen molar-refractivity contribution in [3.63, 3.8) is 0 Å². The molecule has 0 amide bonds. The van der Waals surface area contributed by atoms with Gasteiger partial charge in [0, 0.05) is 0 Å². The zero-order valence-electron chi connectivity index (χ0n) is 15.6. The number of rotatable bonds is 5. The highest BCUT2D eigenvalue weighted by Crippen LogP contribution is 2.41. The molecule has 0 aromatic heterocycles. The first-order chi connectivity index (χ1) is 14.1. The molecular formula is C14H12I2O12S4. The second-order valence-corrected chi connectivity index (χ2v) is 13.9. The fourth-order valence-electron chi connectivity index (χ4n) is 2.95. The second kappa shape index (κ2) is 8.64. The predicted molar refractivity (Wildman–Crippen MR) is 126 cm³/mol. The molecule has 12 nitrogen and oxygen atoms in total. The fourth-order valence-corrected chi connectivity index (χ4v) is 10.4. The summed E-state index contributed by atoms with van der Waals surface area (Å²) in [5.74, 6) is 0. The smallest absolute Gasteiger partial charge is 0.282 e. The quantitative estimate of drug-likeness (QED) is 0.255. The van der Waals surface area contributed by atoms with Crippen molar-refractivity contribution in [2.45, 2.75) is 33.4 Å². The molecule has 0 atom stereocenters. The number of hydrogen-bond acceptors (Lipinski definition) is 8. The van der Waals surface area contributed by atoms with E-state index in [2.05, 4.69) is 0 Å². The van der Waals surface area contributed by atoms with Gasteiger partial charge >= 0.3 is 0 Å². The Kier molecular flexibility index (Phi) is 7.50. The van der Waals surface area contributed by atoms with Gasteiger partial charge in [-0.3, -0.25) is 18.2 Å². The van der Waals surface area contributed by atoms with Crippen LogP contribution < -0.4 is 0 Å². The van der Waals surface area contributed by atoms with E-state index in [-0.39, 0.29) is 11.1 Å². The normalized spacial score (nSPS) is 13.4. The number of halogens is 2. The Labute approximate surface area is 210 Å². The van der Waals surface area contributed by atoms with Crippen LogP contribution in [-0.2, 0) is 40.5 Å². The maximum absolute atomic E-state index is 11.9. The second-order valence-electron chi connectivity index (χ2n) is 6.28. The SMILES string of the molecule is Cc1c(-c2cc(S(=O)(=O)O)c(I)c(S(=O)(=O)O)c2C)cc(S(=O)(=O)O)c(I)c1S(=O)(=O)O. The van der Waals surface area contributed by atoms with Crippen LogP contribution in [0.4, 0.5) is 0 Å². The minimum absolute atomic E-state index is 0.337. The van der Waals surface area contributed by atoms with Crippen LogP contribution in [0.1, 0.15) is 11.1 Å². The van der Waals surface area contributed by atoms with Gasteiger partial charge in [-0.05, 0) is 93.4 Å². The summed E-state index contributed by atoms with van der Waals surface area (Å²) in [5.41, 5.74) is -1.52. The highest BCUT2D eigenvalue weighted by Gasteiger charge is 2.32. The molecule has 178 valence electrons. The zero-order valence-corrected chi connectivity index (χ0v) is 23.2. The molecule has 0 bridgehead atoms. The molecule has 32 heavy (non-hydrogen) atoms. The maximum atomic E-state index is 11.9. The van der Waals surface area contributed by atoms with Crippen LogP contribution >= 0.6 is 45.2 Å². The lowest BCUT2D eigenvalue weighted by molar-refractivity contribution is 0.474. The third kappa shape index (κ3) is 5.27. The van der Waals surface area contributed by atoms with E-state index < -0.39 is 78.3 Å². The van der Waals surface area contributed by atoms with Gasteiger partial charge in [0.1, 0.15) is 19.6 Å². The predicted octanol–water partition coefficient (Wildman–Crippen LogP) is 2.17. The summed E-state index contributed by atoms with van der Waals surface area (Å²) in [7, 11) is -20.4. The van der Waals surface area contributed by atoms with E-state index in [9.17, 15) is 51.9 Å². The van der Waals surface area contributed by atoms with E-state index in [4.69, 9.17) is 0 Å². The number of benzene rings is 2. The summed E-state index contributed by atoms with van der Waals surface area (Å²) in [6, 6.07) is 1.47. The lowest BCUT2D eigenvalue weighted by Gasteiger charge is -2.19. The van der Waals surface area contributed by atoms with Gasteiger partial charge < -0.3 is 0 Å². The Morgan fingerprint density at radius 2 is 0.812 bits per heavy atom. The first-order valence-corrected chi connectivity index (χ1v) is 15.6. The molecule has 0 unspecified atom stereocenters. The molecule has 0 spiro atoms. The summed E-state index contributed by atoms with van der Waals surface area (Å²) >= 11 is 2.51. The molecule has 18 heteroatoms. The van der Waals surface area contributed by atoms with Gasteiger partial charge in [-0.25, -0.2) is 0 Å². The molecular weight excluding hydrogens is 742 g/mol. The highest BCUT2D eigenvalue weighted by atomic mass is 127. The van der Waals surface area contributed by atoms with Crippen LogP contribution in [0.3, 0.4) is 0 Å². The molecule has 0 aliphatic carbocycles. The molecule has 2 aromatic carbocycles. The van der Waals surface area contributed by atoms with Crippen LogP contribution in [0.25, 0.3) is 11.1 Å². The Morgan fingerprint density at radius 3 is 1.00 bits per heavy atom. The Morgan fingerprint density at radius 1 is 0.562 bits per heavy atom. The summed E-state index contributed by atoms with van der Waals surface area (Å²) in [4.78, 5) is -3.84.